The van der Waals surface area contributed by atoms with Gasteiger partial charge in [-0.05, 0) is 44.9 Å². The average Bonchev–Trinajstić information content (AvgIpc) is 2.77. The lowest BCUT2D eigenvalue weighted by molar-refractivity contribution is 0.00621. The minimum absolute atomic E-state index is 0.126. The van der Waals surface area contributed by atoms with Gasteiger partial charge in [0, 0.05) is 17.7 Å². The monoisotopic (exact) mass is 312 g/mol. The number of rotatable bonds is 2. The van der Waals surface area contributed by atoms with Crippen LogP contribution in [0.3, 0.4) is 0 Å². The first kappa shape index (κ1) is 14.2. The first-order chi connectivity index (χ1) is 9.56. The number of aromatic nitrogens is 2. The highest BCUT2D eigenvalue weighted by Crippen LogP contribution is 2.34. The number of imidazole rings is 1. The maximum absolute atomic E-state index is 6.33. The lowest BCUT2D eigenvalue weighted by Crippen LogP contribution is -2.26. The van der Waals surface area contributed by atoms with E-state index in [9.17, 15) is 0 Å². The molecule has 0 saturated carbocycles. The molecule has 2 heterocycles. The van der Waals surface area contributed by atoms with E-state index < -0.39 is 0 Å². The van der Waals surface area contributed by atoms with Crippen LogP contribution in [0.4, 0.5) is 0 Å². The predicted octanol–water partition coefficient (Wildman–Crippen LogP) is 4.73. The first-order valence-electron chi connectivity index (χ1n) is 6.99. The molecule has 5 heteroatoms. The number of halogens is 2. The molecule has 1 aliphatic heterocycles. The van der Waals surface area contributed by atoms with Crippen molar-refractivity contribution < 1.29 is 4.74 Å². The molecule has 1 saturated heterocycles. The molecule has 0 spiro atoms. The molecule has 1 fully saturated rings. The first-order valence-corrected chi connectivity index (χ1v) is 7.80. The maximum atomic E-state index is 6.33. The summed E-state index contributed by atoms with van der Waals surface area (Å²) < 4.78 is 7.91. The van der Waals surface area contributed by atoms with Gasteiger partial charge in [-0.2, -0.15) is 0 Å². The van der Waals surface area contributed by atoms with Crippen LogP contribution in [0.5, 0.6) is 0 Å². The molecule has 3 rings (SSSR count). The van der Waals surface area contributed by atoms with Crippen LogP contribution in [0.15, 0.2) is 18.2 Å². The molecule has 0 aliphatic carbocycles. The summed E-state index contributed by atoms with van der Waals surface area (Å²) in [7, 11) is 0. The normalized spacial score (nSPS) is 25.0. The van der Waals surface area contributed by atoms with Crippen LogP contribution in [0, 0.1) is 0 Å². The van der Waals surface area contributed by atoms with Crippen molar-refractivity contribution in [3.05, 3.63) is 29.0 Å². The second-order valence-corrected chi connectivity index (χ2v) is 6.54. The standard InChI is InChI=1S/C15H18Cl2N2O/c1-9-7-12(5-6-20-9)19-14-8-11(17)3-4-13(14)18-15(19)10(2)16/h3-4,8-10,12H,5-7H2,1-2H3. The minimum Gasteiger partial charge on any atom is -0.378 e. The van der Waals surface area contributed by atoms with Crippen molar-refractivity contribution in [1.29, 1.82) is 0 Å². The number of benzene rings is 1. The Hall–Kier alpha value is -0.770. The van der Waals surface area contributed by atoms with Crippen LogP contribution in [0.1, 0.15) is 43.9 Å². The topological polar surface area (TPSA) is 27.1 Å². The quantitative estimate of drug-likeness (QED) is 0.750. The third-order valence-corrected chi connectivity index (χ3v) is 4.29. The lowest BCUT2D eigenvalue weighted by Gasteiger charge is -2.30. The molecule has 3 nitrogen and oxygen atoms in total. The lowest BCUT2D eigenvalue weighted by atomic mass is 10.0. The van der Waals surface area contributed by atoms with Crippen LogP contribution >= 0.6 is 23.2 Å². The minimum atomic E-state index is -0.126. The van der Waals surface area contributed by atoms with Crippen LogP contribution < -0.4 is 0 Å². The smallest absolute Gasteiger partial charge is 0.127 e. The Morgan fingerprint density at radius 1 is 1.45 bits per heavy atom. The zero-order valence-corrected chi connectivity index (χ0v) is 13.2. The van der Waals surface area contributed by atoms with Crippen LogP contribution in [-0.2, 0) is 4.74 Å². The Balaban J connectivity index is 2.14. The van der Waals surface area contributed by atoms with E-state index >= 15 is 0 Å². The molecule has 3 unspecified atom stereocenters. The molecule has 1 aliphatic rings. The third kappa shape index (κ3) is 2.54. The van der Waals surface area contributed by atoms with Gasteiger partial charge in [0.1, 0.15) is 5.82 Å². The largest absolute Gasteiger partial charge is 0.378 e. The number of alkyl halides is 1. The summed E-state index contributed by atoms with van der Waals surface area (Å²) in [6.07, 6.45) is 2.23. The van der Waals surface area contributed by atoms with E-state index in [1.807, 2.05) is 25.1 Å². The van der Waals surface area contributed by atoms with Crippen molar-refractivity contribution in [1.82, 2.24) is 9.55 Å². The van der Waals surface area contributed by atoms with E-state index in [0.29, 0.717) is 6.04 Å². The molecule has 0 N–H and O–H groups in total. The Morgan fingerprint density at radius 2 is 2.25 bits per heavy atom. The summed E-state index contributed by atoms with van der Waals surface area (Å²) in [4.78, 5) is 4.69. The van der Waals surface area contributed by atoms with Gasteiger partial charge in [0.2, 0.25) is 0 Å². The van der Waals surface area contributed by atoms with Gasteiger partial charge in [-0.3, -0.25) is 0 Å². The molecule has 1 aromatic heterocycles. The molecular formula is C15H18Cl2N2O. The number of hydrogen-bond donors (Lipinski definition) is 0. The van der Waals surface area contributed by atoms with Gasteiger partial charge in [-0.25, -0.2) is 4.98 Å². The van der Waals surface area contributed by atoms with Crippen molar-refractivity contribution in [3.63, 3.8) is 0 Å². The summed E-state index contributed by atoms with van der Waals surface area (Å²) in [6, 6.07) is 6.18. The summed E-state index contributed by atoms with van der Waals surface area (Å²) in [5, 5.41) is 0.604. The molecule has 3 atom stereocenters. The van der Waals surface area contributed by atoms with E-state index in [2.05, 4.69) is 16.5 Å². The van der Waals surface area contributed by atoms with Gasteiger partial charge in [0.15, 0.2) is 0 Å². The number of fused-ring (bicyclic) bond motifs is 1. The Bertz CT molecular complexity index is 624. The van der Waals surface area contributed by atoms with Gasteiger partial charge in [-0.15, -0.1) is 11.6 Å². The Labute approximate surface area is 128 Å². The van der Waals surface area contributed by atoms with E-state index in [1.165, 1.54) is 0 Å². The SMILES string of the molecule is CC1CC(n2c(C(C)Cl)nc3ccc(Cl)cc32)CCO1. The molecule has 1 aromatic carbocycles. The second-order valence-electron chi connectivity index (χ2n) is 5.45. The van der Waals surface area contributed by atoms with Crippen LogP contribution in [0.25, 0.3) is 11.0 Å². The van der Waals surface area contributed by atoms with E-state index in [-0.39, 0.29) is 11.5 Å². The fourth-order valence-electron chi connectivity index (χ4n) is 2.96. The van der Waals surface area contributed by atoms with Crippen molar-refractivity contribution >= 4 is 34.2 Å². The van der Waals surface area contributed by atoms with Gasteiger partial charge in [0.25, 0.3) is 0 Å². The van der Waals surface area contributed by atoms with Crippen molar-refractivity contribution in [3.8, 4) is 0 Å². The maximum Gasteiger partial charge on any atom is 0.127 e. The van der Waals surface area contributed by atoms with Gasteiger partial charge in [-0.1, -0.05) is 11.6 Å². The third-order valence-electron chi connectivity index (χ3n) is 3.86. The van der Waals surface area contributed by atoms with Crippen LogP contribution in [0.2, 0.25) is 5.02 Å². The Kier molecular flexibility index (Phi) is 3.93. The molecule has 2 aromatic rings. The second kappa shape index (κ2) is 5.55. The average molecular weight is 313 g/mol. The number of nitrogens with zero attached hydrogens (tertiary/aromatic N) is 2. The summed E-state index contributed by atoms with van der Waals surface area (Å²) in [6.45, 7) is 4.86. The van der Waals surface area contributed by atoms with Crippen LogP contribution in [-0.4, -0.2) is 22.3 Å². The molecule has 0 amide bonds. The predicted molar refractivity (Wildman–Crippen MR) is 82.7 cm³/mol. The van der Waals surface area contributed by atoms with Gasteiger partial charge < -0.3 is 9.30 Å². The molecule has 0 radical (unpaired) electrons. The fraction of sp³-hybridized carbons (Fsp3) is 0.533. The highest BCUT2D eigenvalue weighted by atomic mass is 35.5. The fourth-order valence-corrected chi connectivity index (χ4v) is 3.28. The van der Waals surface area contributed by atoms with Crippen molar-refractivity contribution in [2.45, 2.75) is 44.2 Å². The van der Waals surface area contributed by atoms with Gasteiger partial charge in [0.05, 0.1) is 22.5 Å². The number of hydrogen-bond acceptors (Lipinski definition) is 2. The molecule has 20 heavy (non-hydrogen) atoms. The Morgan fingerprint density at radius 3 is 2.95 bits per heavy atom. The summed E-state index contributed by atoms with van der Waals surface area (Å²) >= 11 is 12.5. The molecule has 0 bridgehead atoms. The highest BCUT2D eigenvalue weighted by Gasteiger charge is 2.26. The van der Waals surface area contributed by atoms with E-state index in [1.54, 1.807) is 0 Å². The van der Waals surface area contributed by atoms with E-state index in [4.69, 9.17) is 27.9 Å². The number of ether oxygens (including phenoxy) is 1. The van der Waals surface area contributed by atoms with Crippen molar-refractivity contribution in [2.24, 2.45) is 0 Å². The summed E-state index contributed by atoms with van der Waals surface area (Å²) in [5.41, 5.74) is 2.02. The highest BCUT2D eigenvalue weighted by molar-refractivity contribution is 6.31. The zero-order valence-electron chi connectivity index (χ0n) is 11.6. The van der Waals surface area contributed by atoms with Gasteiger partial charge >= 0.3 is 0 Å². The zero-order chi connectivity index (χ0) is 14.3. The molecule has 108 valence electrons. The van der Waals surface area contributed by atoms with E-state index in [0.717, 1.165) is 41.3 Å². The summed E-state index contributed by atoms with van der Waals surface area (Å²) in [5.74, 6) is 0.919. The van der Waals surface area contributed by atoms with Crippen molar-refractivity contribution in [2.75, 3.05) is 6.61 Å². The molecular weight excluding hydrogens is 295 g/mol.